The van der Waals surface area contributed by atoms with Crippen molar-refractivity contribution in [1.29, 1.82) is 0 Å². The van der Waals surface area contributed by atoms with E-state index < -0.39 is 0 Å². The molecule has 0 aromatic heterocycles. The standard InChI is InChI=1S/C17H19Cl2N/c1-12-4-2-5-13(10-12)8-9-14(20)11-15-16(18)6-3-7-17(15)19/h2-7,10,14H,8-9,11,20H2,1H3. The third-order valence-corrected chi connectivity index (χ3v) is 4.12. The highest BCUT2D eigenvalue weighted by atomic mass is 35.5. The third-order valence-electron chi connectivity index (χ3n) is 3.41. The molecule has 106 valence electrons. The molecule has 1 atom stereocenters. The first-order valence-electron chi connectivity index (χ1n) is 6.80. The monoisotopic (exact) mass is 307 g/mol. The number of rotatable bonds is 5. The van der Waals surface area contributed by atoms with Crippen molar-refractivity contribution in [2.45, 2.75) is 32.2 Å². The Morgan fingerprint density at radius 3 is 2.35 bits per heavy atom. The second-order valence-corrected chi connectivity index (χ2v) is 6.01. The maximum Gasteiger partial charge on any atom is 0.0453 e. The molecule has 0 aliphatic carbocycles. The van der Waals surface area contributed by atoms with E-state index in [1.165, 1.54) is 11.1 Å². The molecule has 2 aromatic carbocycles. The first kappa shape index (κ1) is 15.4. The van der Waals surface area contributed by atoms with Gasteiger partial charge in [0.05, 0.1) is 0 Å². The molecule has 3 heteroatoms. The molecule has 1 nitrogen and oxygen atoms in total. The van der Waals surface area contributed by atoms with Crippen molar-refractivity contribution in [2.24, 2.45) is 5.73 Å². The van der Waals surface area contributed by atoms with Gasteiger partial charge < -0.3 is 5.73 Å². The van der Waals surface area contributed by atoms with E-state index in [-0.39, 0.29) is 6.04 Å². The van der Waals surface area contributed by atoms with Crippen LogP contribution in [0.25, 0.3) is 0 Å². The van der Waals surface area contributed by atoms with Crippen LogP contribution in [0.2, 0.25) is 10.0 Å². The summed E-state index contributed by atoms with van der Waals surface area (Å²) in [6, 6.07) is 14.2. The summed E-state index contributed by atoms with van der Waals surface area (Å²) in [7, 11) is 0. The van der Waals surface area contributed by atoms with Gasteiger partial charge in [0.15, 0.2) is 0 Å². The maximum absolute atomic E-state index is 6.21. The topological polar surface area (TPSA) is 26.0 Å². The Balaban J connectivity index is 1.94. The lowest BCUT2D eigenvalue weighted by Gasteiger charge is -2.14. The van der Waals surface area contributed by atoms with Crippen molar-refractivity contribution >= 4 is 23.2 Å². The van der Waals surface area contributed by atoms with Gasteiger partial charge in [0.1, 0.15) is 0 Å². The van der Waals surface area contributed by atoms with Crippen LogP contribution < -0.4 is 5.73 Å². The molecule has 0 aliphatic rings. The zero-order valence-electron chi connectivity index (χ0n) is 11.6. The summed E-state index contributed by atoms with van der Waals surface area (Å²) in [4.78, 5) is 0. The summed E-state index contributed by atoms with van der Waals surface area (Å²) in [5.74, 6) is 0. The van der Waals surface area contributed by atoms with Crippen LogP contribution in [0.3, 0.4) is 0 Å². The molecule has 0 saturated heterocycles. The zero-order chi connectivity index (χ0) is 14.5. The van der Waals surface area contributed by atoms with Gasteiger partial charge >= 0.3 is 0 Å². The summed E-state index contributed by atoms with van der Waals surface area (Å²) in [5, 5.41) is 1.40. The Hall–Kier alpha value is -1.02. The first-order valence-corrected chi connectivity index (χ1v) is 7.56. The fraction of sp³-hybridized carbons (Fsp3) is 0.294. The molecule has 0 fully saturated rings. The van der Waals surface area contributed by atoms with Gasteiger partial charge in [-0.25, -0.2) is 0 Å². The van der Waals surface area contributed by atoms with Crippen LogP contribution in [0.1, 0.15) is 23.1 Å². The number of hydrogen-bond donors (Lipinski definition) is 1. The molecule has 2 rings (SSSR count). The number of aryl methyl sites for hydroxylation is 2. The van der Waals surface area contributed by atoms with E-state index >= 15 is 0 Å². The average molecular weight is 308 g/mol. The van der Waals surface area contributed by atoms with Gasteiger partial charge in [0.25, 0.3) is 0 Å². The van der Waals surface area contributed by atoms with Crippen LogP contribution in [0.15, 0.2) is 42.5 Å². The summed E-state index contributed by atoms with van der Waals surface area (Å²) in [6.45, 7) is 2.10. The molecule has 0 heterocycles. The number of hydrogen-bond acceptors (Lipinski definition) is 1. The predicted molar refractivity (Wildman–Crippen MR) is 87.6 cm³/mol. The average Bonchev–Trinajstić information content (AvgIpc) is 2.41. The molecule has 0 bridgehead atoms. The van der Waals surface area contributed by atoms with Crippen LogP contribution in [-0.2, 0) is 12.8 Å². The van der Waals surface area contributed by atoms with Crippen molar-refractivity contribution in [3.8, 4) is 0 Å². The second kappa shape index (κ2) is 7.12. The van der Waals surface area contributed by atoms with E-state index in [0.29, 0.717) is 16.5 Å². The summed E-state index contributed by atoms with van der Waals surface area (Å²) >= 11 is 12.3. The SMILES string of the molecule is Cc1cccc(CCC(N)Cc2c(Cl)cccc2Cl)c1. The van der Waals surface area contributed by atoms with Crippen LogP contribution >= 0.6 is 23.2 Å². The zero-order valence-corrected chi connectivity index (χ0v) is 13.1. The highest BCUT2D eigenvalue weighted by Crippen LogP contribution is 2.25. The summed E-state index contributed by atoms with van der Waals surface area (Å²) < 4.78 is 0. The van der Waals surface area contributed by atoms with Crippen molar-refractivity contribution in [2.75, 3.05) is 0 Å². The Labute approximate surface area is 130 Å². The maximum atomic E-state index is 6.21. The highest BCUT2D eigenvalue weighted by molar-refractivity contribution is 6.35. The smallest absolute Gasteiger partial charge is 0.0453 e. The van der Waals surface area contributed by atoms with E-state index in [9.17, 15) is 0 Å². The van der Waals surface area contributed by atoms with Gasteiger partial charge in [-0.15, -0.1) is 0 Å². The molecule has 0 radical (unpaired) electrons. The van der Waals surface area contributed by atoms with E-state index in [0.717, 1.165) is 18.4 Å². The second-order valence-electron chi connectivity index (χ2n) is 5.19. The van der Waals surface area contributed by atoms with Gasteiger partial charge in [-0.05, 0) is 49.4 Å². The Morgan fingerprint density at radius 1 is 1.05 bits per heavy atom. The van der Waals surface area contributed by atoms with E-state index in [4.69, 9.17) is 28.9 Å². The molecule has 2 N–H and O–H groups in total. The summed E-state index contributed by atoms with van der Waals surface area (Å²) in [5.41, 5.74) is 9.77. The third kappa shape index (κ3) is 4.24. The van der Waals surface area contributed by atoms with Crippen LogP contribution in [-0.4, -0.2) is 6.04 Å². The lowest BCUT2D eigenvalue weighted by atomic mass is 9.99. The fourth-order valence-electron chi connectivity index (χ4n) is 2.31. The van der Waals surface area contributed by atoms with Crippen molar-refractivity contribution in [1.82, 2.24) is 0 Å². The van der Waals surface area contributed by atoms with Gasteiger partial charge in [0, 0.05) is 16.1 Å². The van der Waals surface area contributed by atoms with Crippen LogP contribution in [0.5, 0.6) is 0 Å². The largest absolute Gasteiger partial charge is 0.327 e. The molecular formula is C17H19Cl2N. The highest BCUT2D eigenvalue weighted by Gasteiger charge is 2.11. The minimum absolute atomic E-state index is 0.0629. The minimum Gasteiger partial charge on any atom is -0.327 e. The molecule has 0 amide bonds. The van der Waals surface area contributed by atoms with Crippen molar-refractivity contribution in [3.05, 3.63) is 69.2 Å². The van der Waals surface area contributed by atoms with Crippen LogP contribution in [0, 0.1) is 6.92 Å². The molecule has 0 aliphatic heterocycles. The summed E-state index contributed by atoms with van der Waals surface area (Å²) in [6.07, 6.45) is 2.61. The Bertz CT molecular complexity index is 561. The van der Waals surface area contributed by atoms with E-state index in [2.05, 4.69) is 31.2 Å². The molecular weight excluding hydrogens is 289 g/mol. The fourth-order valence-corrected chi connectivity index (χ4v) is 2.86. The number of benzene rings is 2. The Kier molecular flexibility index (Phi) is 5.47. The molecule has 0 saturated carbocycles. The first-order chi connectivity index (χ1) is 9.56. The van der Waals surface area contributed by atoms with Gasteiger partial charge in [-0.1, -0.05) is 59.1 Å². The molecule has 2 aromatic rings. The lowest BCUT2D eigenvalue weighted by Crippen LogP contribution is -2.23. The van der Waals surface area contributed by atoms with Crippen molar-refractivity contribution < 1.29 is 0 Å². The van der Waals surface area contributed by atoms with Crippen LogP contribution in [0.4, 0.5) is 0 Å². The van der Waals surface area contributed by atoms with Gasteiger partial charge in [-0.2, -0.15) is 0 Å². The molecule has 1 unspecified atom stereocenters. The predicted octanol–water partition coefficient (Wildman–Crippen LogP) is 4.80. The van der Waals surface area contributed by atoms with Gasteiger partial charge in [0.2, 0.25) is 0 Å². The quantitative estimate of drug-likeness (QED) is 0.843. The lowest BCUT2D eigenvalue weighted by molar-refractivity contribution is 0.610. The minimum atomic E-state index is 0.0629. The van der Waals surface area contributed by atoms with Crippen molar-refractivity contribution in [3.63, 3.8) is 0 Å². The normalized spacial score (nSPS) is 12.4. The number of halogens is 2. The number of nitrogens with two attached hydrogens (primary N) is 1. The molecule has 0 spiro atoms. The van der Waals surface area contributed by atoms with E-state index in [1.54, 1.807) is 0 Å². The van der Waals surface area contributed by atoms with E-state index in [1.807, 2.05) is 18.2 Å². The Morgan fingerprint density at radius 2 is 1.70 bits per heavy atom. The van der Waals surface area contributed by atoms with Gasteiger partial charge in [-0.3, -0.25) is 0 Å². The molecule has 20 heavy (non-hydrogen) atoms.